The standard InChI is InChI=1S/C12H15N3O4/c1-9-4-2-3-7-13(9)11-6-5-10(14(16)17)8-12(11)15(18)19/h5-6,8-9H,2-4,7H2,1H3. The topological polar surface area (TPSA) is 89.5 Å². The summed E-state index contributed by atoms with van der Waals surface area (Å²) < 4.78 is 0. The van der Waals surface area contributed by atoms with Crippen LogP contribution in [0.3, 0.4) is 0 Å². The molecule has 2 rings (SSSR count). The number of piperidine rings is 1. The lowest BCUT2D eigenvalue weighted by molar-refractivity contribution is -0.393. The molecule has 1 atom stereocenters. The van der Waals surface area contributed by atoms with Crippen molar-refractivity contribution in [3.8, 4) is 0 Å². The molecule has 1 aliphatic heterocycles. The van der Waals surface area contributed by atoms with Crippen LogP contribution < -0.4 is 4.90 Å². The maximum absolute atomic E-state index is 11.1. The zero-order chi connectivity index (χ0) is 14.0. The van der Waals surface area contributed by atoms with E-state index in [-0.39, 0.29) is 17.4 Å². The molecule has 0 amide bonds. The van der Waals surface area contributed by atoms with Gasteiger partial charge in [0, 0.05) is 18.7 Å². The van der Waals surface area contributed by atoms with Crippen molar-refractivity contribution in [3.63, 3.8) is 0 Å². The van der Waals surface area contributed by atoms with Crippen molar-refractivity contribution >= 4 is 17.1 Å². The third-order valence-corrected chi connectivity index (χ3v) is 3.48. The molecule has 1 aromatic rings. The van der Waals surface area contributed by atoms with Crippen molar-refractivity contribution in [1.29, 1.82) is 0 Å². The number of nitrogens with zero attached hydrogens (tertiary/aromatic N) is 3. The van der Waals surface area contributed by atoms with Crippen LogP contribution in [-0.4, -0.2) is 22.4 Å². The zero-order valence-corrected chi connectivity index (χ0v) is 10.6. The normalized spacial score (nSPS) is 19.2. The number of hydrogen-bond acceptors (Lipinski definition) is 5. The summed E-state index contributed by atoms with van der Waals surface area (Å²) in [6, 6.07) is 4.06. The minimum Gasteiger partial charge on any atom is -0.363 e. The average molecular weight is 265 g/mol. The van der Waals surface area contributed by atoms with Crippen LogP contribution in [0.2, 0.25) is 0 Å². The summed E-state index contributed by atoms with van der Waals surface area (Å²) in [5.41, 5.74) is 0.0332. The largest absolute Gasteiger partial charge is 0.363 e. The van der Waals surface area contributed by atoms with Crippen LogP contribution in [0.5, 0.6) is 0 Å². The quantitative estimate of drug-likeness (QED) is 0.619. The van der Waals surface area contributed by atoms with Gasteiger partial charge < -0.3 is 4.90 Å². The van der Waals surface area contributed by atoms with Crippen molar-refractivity contribution in [3.05, 3.63) is 38.4 Å². The predicted molar refractivity (Wildman–Crippen MR) is 70.4 cm³/mol. The second-order valence-corrected chi connectivity index (χ2v) is 4.73. The number of nitro groups is 2. The molecule has 1 heterocycles. The highest BCUT2D eigenvalue weighted by Crippen LogP contribution is 2.35. The average Bonchev–Trinajstić information content (AvgIpc) is 2.38. The van der Waals surface area contributed by atoms with Gasteiger partial charge in [-0.25, -0.2) is 0 Å². The maximum atomic E-state index is 11.1. The Kier molecular flexibility index (Phi) is 3.64. The summed E-state index contributed by atoms with van der Waals surface area (Å²) in [5.74, 6) is 0. The van der Waals surface area contributed by atoms with Crippen molar-refractivity contribution in [2.45, 2.75) is 32.2 Å². The number of anilines is 1. The van der Waals surface area contributed by atoms with Gasteiger partial charge in [-0.1, -0.05) is 0 Å². The first-order valence-corrected chi connectivity index (χ1v) is 6.20. The SMILES string of the molecule is CC1CCCCN1c1ccc([N+](=O)[O-])cc1[N+](=O)[O-]. The smallest absolute Gasteiger partial charge is 0.299 e. The van der Waals surface area contributed by atoms with Crippen molar-refractivity contribution in [2.75, 3.05) is 11.4 Å². The highest BCUT2D eigenvalue weighted by atomic mass is 16.6. The van der Waals surface area contributed by atoms with Crippen molar-refractivity contribution < 1.29 is 9.85 Å². The molecule has 1 aromatic carbocycles. The van der Waals surface area contributed by atoms with E-state index in [4.69, 9.17) is 0 Å². The van der Waals surface area contributed by atoms with Crippen LogP contribution in [0.15, 0.2) is 18.2 Å². The van der Waals surface area contributed by atoms with Crippen LogP contribution >= 0.6 is 0 Å². The number of hydrogen-bond donors (Lipinski definition) is 0. The molecular weight excluding hydrogens is 250 g/mol. The summed E-state index contributed by atoms with van der Waals surface area (Å²) in [6.07, 6.45) is 3.07. The minimum absolute atomic E-state index is 0.192. The summed E-state index contributed by atoms with van der Waals surface area (Å²) in [4.78, 5) is 22.6. The van der Waals surface area contributed by atoms with Crippen LogP contribution in [0, 0.1) is 20.2 Å². The Bertz CT molecular complexity index is 518. The van der Waals surface area contributed by atoms with Crippen LogP contribution in [0.1, 0.15) is 26.2 Å². The van der Waals surface area contributed by atoms with E-state index < -0.39 is 9.85 Å². The Morgan fingerprint density at radius 2 is 1.95 bits per heavy atom. The van der Waals surface area contributed by atoms with Crippen LogP contribution in [0.25, 0.3) is 0 Å². The second-order valence-electron chi connectivity index (χ2n) is 4.73. The van der Waals surface area contributed by atoms with Gasteiger partial charge in [0.05, 0.1) is 15.9 Å². The molecule has 1 fully saturated rings. The molecule has 0 bridgehead atoms. The van der Waals surface area contributed by atoms with E-state index in [1.54, 1.807) is 0 Å². The van der Waals surface area contributed by atoms with Gasteiger partial charge >= 0.3 is 0 Å². The van der Waals surface area contributed by atoms with Crippen molar-refractivity contribution in [1.82, 2.24) is 0 Å². The second kappa shape index (κ2) is 5.21. The Hall–Kier alpha value is -2.18. The highest BCUT2D eigenvalue weighted by molar-refractivity contribution is 5.67. The summed E-state index contributed by atoms with van der Waals surface area (Å²) in [6.45, 7) is 2.77. The van der Waals surface area contributed by atoms with Gasteiger partial charge in [-0.05, 0) is 32.3 Å². The van der Waals surface area contributed by atoms with E-state index in [0.717, 1.165) is 31.9 Å². The Labute approximate surface area is 110 Å². The van der Waals surface area contributed by atoms with Crippen LogP contribution in [0.4, 0.5) is 17.1 Å². The van der Waals surface area contributed by atoms with Gasteiger partial charge in [-0.3, -0.25) is 20.2 Å². The summed E-state index contributed by atoms with van der Waals surface area (Å²) in [5, 5.41) is 21.8. The Morgan fingerprint density at radius 3 is 2.53 bits per heavy atom. The molecule has 0 spiro atoms. The molecule has 0 saturated carbocycles. The molecule has 0 N–H and O–H groups in total. The zero-order valence-electron chi connectivity index (χ0n) is 10.6. The van der Waals surface area contributed by atoms with E-state index in [0.29, 0.717) is 5.69 Å². The molecule has 0 aliphatic carbocycles. The molecule has 1 aliphatic rings. The monoisotopic (exact) mass is 265 g/mol. The molecule has 102 valence electrons. The first-order valence-electron chi connectivity index (χ1n) is 6.20. The Balaban J connectivity index is 2.44. The van der Waals surface area contributed by atoms with Gasteiger partial charge in [0.1, 0.15) is 5.69 Å². The van der Waals surface area contributed by atoms with Gasteiger partial charge in [-0.2, -0.15) is 0 Å². The fourth-order valence-corrected chi connectivity index (χ4v) is 2.47. The lowest BCUT2D eigenvalue weighted by Gasteiger charge is -2.34. The van der Waals surface area contributed by atoms with Gasteiger partial charge in [0.2, 0.25) is 0 Å². The first-order chi connectivity index (χ1) is 9.00. The highest BCUT2D eigenvalue weighted by Gasteiger charge is 2.27. The third kappa shape index (κ3) is 2.64. The lowest BCUT2D eigenvalue weighted by atomic mass is 10.0. The number of rotatable bonds is 3. The van der Waals surface area contributed by atoms with Gasteiger partial charge in [-0.15, -0.1) is 0 Å². The lowest BCUT2D eigenvalue weighted by Crippen LogP contribution is -2.37. The number of nitro benzene ring substituents is 2. The van der Waals surface area contributed by atoms with Crippen LogP contribution in [-0.2, 0) is 0 Å². The summed E-state index contributed by atoms with van der Waals surface area (Å²) >= 11 is 0. The van der Waals surface area contributed by atoms with E-state index in [1.165, 1.54) is 12.1 Å². The molecule has 19 heavy (non-hydrogen) atoms. The van der Waals surface area contributed by atoms with Gasteiger partial charge in [0.25, 0.3) is 11.4 Å². The fourth-order valence-electron chi connectivity index (χ4n) is 2.47. The van der Waals surface area contributed by atoms with E-state index in [9.17, 15) is 20.2 Å². The first kappa shape index (κ1) is 13.3. The van der Waals surface area contributed by atoms with E-state index >= 15 is 0 Å². The molecular formula is C12H15N3O4. The van der Waals surface area contributed by atoms with Crippen molar-refractivity contribution in [2.24, 2.45) is 0 Å². The third-order valence-electron chi connectivity index (χ3n) is 3.48. The predicted octanol–water partition coefficient (Wildman–Crippen LogP) is 2.88. The van der Waals surface area contributed by atoms with E-state index in [2.05, 4.69) is 0 Å². The maximum Gasteiger partial charge on any atom is 0.299 e. The van der Waals surface area contributed by atoms with E-state index in [1.807, 2.05) is 11.8 Å². The minimum atomic E-state index is -0.615. The molecule has 7 heteroatoms. The molecule has 1 saturated heterocycles. The molecule has 1 unspecified atom stereocenters. The van der Waals surface area contributed by atoms with Gasteiger partial charge in [0.15, 0.2) is 0 Å². The fraction of sp³-hybridized carbons (Fsp3) is 0.500. The molecule has 0 radical (unpaired) electrons. The summed E-state index contributed by atoms with van der Waals surface area (Å²) in [7, 11) is 0. The molecule has 7 nitrogen and oxygen atoms in total. The Morgan fingerprint density at radius 1 is 1.21 bits per heavy atom. The number of non-ortho nitro benzene ring substituents is 1. The molecule has 0 aromatic heterocycles. The number of benzene rings is 1.